The second-order valence-corrected chi connectivity index (χ2v) is 6.72. The van der Waals surface area contributed by atoms with E-state index < -0.39 is 4.92 Å². The largest absolute Gasteiger partial charge is 0.338 e. The van der Waals surface area contributed by atoms with Crippen molar-refractivity contribution in [2.75, 3.05) is 6.54 Å². The van der Waals surface area contributed by atoms with Crippen LogP contribution < -0.4 is 5.32 Å². The second kappa shape index (κ2) is 7.75. The van der Waals surface area contributed by atoms with Crippen molar-refractivity contribution in [1.82, 2.24) is 10.3 Å². The summed E-state index contributed by atoms with van der Waals surface area (Å²) >= 11 is 6.20. The van der Waals surface area contributed by atoms with Gasteiger partial charge in [-0.2, -0.15) is 5.10 Å². The van der Waals surface area contributed by atoms with Crippen LogP contribution in [0.5, 0.6) is 0 Å². The number of benzene rings is 2. The molecule has 2 amide bonds. The molecule has 1 aliphatic rings. The predicted octanol–water partition coefficient (Wildman–Crippen LogP) is 3.98. The third kappa shape index (κ3) is 3.93. The van der Waals surface area contributed by atoms with Gasteiger partial charge in [-0.25, -0.2) is 9.80 Å². The molecule has 0 saturated heterocycles. The van der Waals surface area contributed by atoms with E-state index in [0.717, 1.165) is 11.1 Å². The highest BCUT2D eigenvalue weighted by molar-refractivity contribution is 6.31. The maximum absolute atomic E-state index is 12.5. The number of hydrogen-bond acceptors (Lipinski definition) is 4. The number of non-ortho nitro benzene ring substituents is 1. The summed E-state index contributed by atoms with van der Waals surface area (Å²) in [4.78, 5) is 23.0. The van der Waals surface area contributed by atoms with Gasteiger partial charge in [-0.1, -0.05) is 17.7 Å². The van der Waals surface area contributed by atoms with Crippen molar-refractivity contribution in [2.24, 2.45) is 5.10 Å². The lowest BCUT2D eigenvalue weighted by Gasteiger charge is -2.23. The lowest BCUT2D eigenvalue weighted by molar-refractivity contribution is -0.384. The van der Waals surface area contributed by atoms with Crippen molar-refractivity contribution in [1.29, 1.82) is 0 Å². The van der Waals surface area contributed by atoms with Crippen molar-refractivity contribution < 1.29 is 9.72 Å². The van der Waals surface area contributed by atoms with Gasteiger partial charge in [0.2, 0.25) is 0 Å². The van der Waals surface area contributed by atoms with Gasteiger partial charge >= 0.3 is 6.03 Å². The van der Waals surface area contributed by atoms with Gasteiger partial charge in [-0.3, -0.25) is 10.1 Å². The van der Waals surface area contributed by atoms with E-state index in [4.69, 9.17) is 11.6 Å². The summed E-state index contributed by atoms with van der Waals surface area (Å²) in [7, 11) is 0. The number of nitrogens with zero attached hydrogens (tertiary/aromatic N) is 3. The lowest BCUT2D eigenvalue weighted by Crippen LogP contribution is -2.42. The Morgan fingerprint density at radius 3 is 2.67 bits per heavy atom. The number of nitro benzene ring substituents is 1. The van der Waals surface area contributed by atoms with E-state index in [2.05, 4.69) is 10.4 Å². The molecular formula is C19H19ClN4O3. The quantitative estimate of drug-likeness (QED) is 0.639. The average molecular weight is 387 g/mol. The first-order valence-corrected chi connectivity index (χ1v) is 8.97. The number of rotatable bonds is 3. The van der Waals surface area contributed by atoms with Crippen LogP contribution in [-0.2, 0) is 6.42 Å². The molecule has 1 atom stereocenters. The first kappa shape index (κ1) is 18.8. The molecule has 1 unspecified atom stereocenters. The van der Waals surface area contributed by atoms with Gasteiger partial charge in [-0.05, 0) is 50.1 Å². The number of carbonyl (C=O) groups is 1. The molecule has 7 nitrogen and oxygen atoms in total. The number of hydrogen-bond donors (Lipinski definition) is 1. The van der Waals surface area contributed by atoms with Gasteiger partial charge in [0.05, 0.1) is 16.7 Å². The van der Waals surface area contributed by atoms with E-state index in [1.807, 2.05) is 32.0 Å². The fourth-order valence-electron chi connectivity index (χ4n) is 3.04. The number of halogens is 1. The van der Waals surface area contributed by atoms with Gasteiger partial charge in [0.1, 0.15) is 0 Å². The molecule has 0 spiro atoms. The van der Waals surface area contributed by atoms with E-state index in [-0.39, 0.29) is 17.8 Å². The highest BCUT2D eigenvalue weighted by Crippen LogP contribution is 2.27. The van der Waals surface area contributed by atoms with Crippen molar-refractivity contribution in [3.8, 4) is 0 Å². The van der Waals surface area contributed by atoms with E-state index in [1.54, 1.807) is 12.1 Å². The fraction of sp³-hybridized carbons (Fsp3) is 0.263. The van der Waals surface area contributed by atoms with Crippen molar-refractivity contribution in [3.63, 3.8) is 0 Å². The molecule has 0 aromatic heterocycles. The molecule has 1 aliphatic heterocycles. The molecular weight excluding hydrogens is 368 g/mol. The zero-order chi connectivity index (χ0) is 19.6. The molecule has 2 aromatic rings. The highest BCUT2D eigenvalue weighted by Gasteiger charge is 2.27. The summed E-state index contributed by atoms with van der Waals surface area (Å²) in [5.41, 5.74) is 3.05. The smallest absolute Gasteiger partial charge is 0.337 e. The van der Waals surface area contributed by atoms with Crippen LogP contribution in [0.4, 0.5) is 10.5 Å². The summed E-state index contributed by atoms with van der Waals surface area (Å²) in [5.74, 6) is 0. The van der Waals surface area contributed by atoms with Gasteiger partial charge in [0.15, 0.2) is 0 Å². The zero-order valence-electron chi connectivity index (χ0n) is 15.0. The van der Waals surface area contributed by atoms with E-state index in [9.17, 15) is 14.9 Å². The van der Waals surface area contributed by atoms with Crippen LogP contribution in [0.25, 0.3) is 0 Å². The predicted molar refractivity (Wildman–Crippen MR) is 104 cm³/mol. The fourth-order valence-corrected chi connectivity index (χ4v) is 3.22. The summed E-state index contributed by atoms with van der Waals surface area (Å²) in [6.07, 6.45) is 0.615. The number of nitro groups is 1. The Bertz CT molecular complexity index is 912. The lowest BCUT2D eigenvalue weighted by atomic mass is 9.94. The summed E-state index contributed by atoms with van der Waals surface area (Å²) in [6, 6.07) is 11.2. The SMILES string of the molecule is CCNC(=O)N1N=C(c2ccc([N+](=O)[O-])cc2)c2cc(Cl)ccc2CC1C. The Kier molecular flexibility index (Phi) is 5.41. The minimum atomic E-state index is -0.452. The Morgan fingerprint density at radius 2 is 2.04 bits per heavy atom. The molecule has 1 heterocycles. The number of carbonyl (C=O) groups excluding carboxylic acids is 1. The van der Waals surface area contributed by atoms with Crippen molar-refractivity contribution >= 4 is 29.0 Å². The monoisotopic (exact) mass is 386 g/mol. The molecule has 3 rings (SSSR count). The molecule has 140 valence electrons. The van der Waals surface area contributed by atoms with Crippen molar-refractivity contribution in [3.05, 3.63) is 74.3 Å². The van der Waals surface area contributed by atoms with E-state index in [0.29, 0.717) is 29.3 Å². The first-order chi connectivity index (χ1) is 12.9. The molecule has 0 saturated carbocycles. The molecule has 0 radical (unpaired) electrons. The second-order valence-electron chi connectivity index (χ2n) is 6.29. The number of urea groups is 1. The minimum absolute atomic E-state index is 0.00626. The van der Waals surface area contributed by atoms with Crippen LogP contribution in [-0.4, -0.2) is 34.3 Å². The highest BCUT2D eigenvalue weighted by atomic mass is 35.5. The van der Waals surface area contributed by atoms with Crippen LogP contribution >= 0.6 is 11.6 Å². The third-order valence-corrected chi connectivity index (χ3v) is 4.59. The van der Waals surface area contributed by atoms with Gasteiger partial charge < -0.3 is 5.32 Å². The molecule has 0 bridgehead atoms. The summed E-state index contributed by atoms with van der Waals surface area (Å²) in [6.45, 7) is 4.26. The molecule has 8 heteroatoms. The van der Waals surface area contributed by atoms with Crippen molar-refractivity contribution in [2.45, 2.75) is 26.3 Å². The number of nitrogens with one attached hydrogen (secondary N) is 1. The van der Waals surface area contributed by atoms with E-state index in [1.165, 1.54) is 17.1 Å². The zero-order valence-corrected chi connectivity index (χ0v) is 15.7. The van der Waals surface area contributed by atoms with Crippen LogP contribution in [0.15, 0.2) is 47.6 Å². The topological polar surface area (TPSA) is 87.8 Å². The number of hydrazone groups is 1. The normalized spacial score (nSPS) is 16.2. The molecule has 0 aliphatic carbocycles. The van der Waals surface area contributed by atoms with Gasteiger partial charge in [-0.15, -0.1) is 0 Å². The maximum atomic E-state index is 12.5. The van der Waals surface area contributed by atoms with E-state index >= 15 is 0 Å². The number of amides is 2. The Morgan fingerprint density at radius 1 is 1.33 bits per heavy atom. The Labute approximate surface area is 161 Å². The maximum Gasteiger partial charge on any atom is 0.338 e. The summed E-state index contributed by atoms with van der Waals surface area (Å²) in [5, 5.41) is 20.3. The van der Waals surface area contributed by atoms with Crippen LogP contribution in [0.3, 0.4) is 0 Å². The summed E-state index contributed by atoms with van der Waals surface area (Å²) < 4.78 is 0. The molecule has 0 fully saturated rings. The standard InChI is InChI=1S/C19H19ClN4O3/c1-3-21-19(25)23-12(2)10-14-4-7-15(20)11-17(14)18(22-23)13-5-8-16(9-6-13)24(26)27/h4-9,11-12H,3,10H2,1-2H3,(H,21,25). The molecule has 27 heavy (non-hydrogen) atoms. The third-order valence-electron chi connectivity index (χ3n) is 4.36. The molecule has 1 N–H and O–H groups in total. The van der Waals surface area contributed by atoms with Crippen LogP contribution in [0, 0.1) is 10.1 Å². The first-order valence-electron chi connectivity index (χ1n) is 8.60. The Balaban J connectivity index is 2.15. The van der Waals surface area contributed by atoms with Gasteiger partial charge in [0, 0.05) is 34.8 Å². The average Bonchev–Trinajstić information content (AvgIpc) is 2.78. The Hall–Kier alpha value is -2.93. The van der Waals surface area contributed by atoms with Gasteiger partial charge in [0.25, 0.3) is 5.69 Å². The van der Waals surface area contributed by atoms with Crippen LogP contribution in [0.1, 0.15) is 30.5 Å². The molecule has 2 aromatic carbocycles. The number of fused-ring (bicyclic) bond motifs is 1. The minimum Gasteiger partial charge on any atom is -0.337 e. The van der Waals surface area contributed by atoms with Crippen LogP contribution in [0.2, 0.25) is 5.02 Å².